The first-order chi connectivity index (χ1) is 14.3. The van der Waals surface area contributed by atoms with E-state index in [0.717, 1.165) is 0 Å². The smallest absolute Gasteiger partial charge is 0.330 e. The largest absolute Gasteiger partial charge is 0.463 e. The van der Waals surface area contributed by atoms with E-state index >= 15 is 0 Å². The number of carbonyl (C=O) groups is 3. The average Bonchev–Trinajstić information content (AvgIpc) is 2.70. The number of halogens is 1. The van der Waals surface area contributed by atoms with E-state index < -0.39 is 29.8 Å². The van der Waals surface area contributed by atoms with Gasteiger partial charge in [0.25, 0.3) is 0 Å². The van der Waals surface area contributed by atoms with Gasteiger partial charge in [-0.15, -0.1) is 0 Å². The Bertz CT molecular complexity index is 980. The molecule has 1 amide bonds. The number of rotatable bonds is 8. The number of hydrogen-bond acceptors (Lipinski definition) is 5. The van der Waals surface area contributed by atoms with Crippen molar-refractivity contribution in [2.75, 3.05) is 6.61 Å². The molecule has 7 heteroatoms. The zero-order chi connectivity index (χ0) is 22.1. The van der Waals surface area contributed by atoms with Crippen LogP contribution in [0.1, 0.15) is 42.2 Å². The molecule has 2 aromatic carbocycles. The molecule has 1 atom stereocenters. The molecule has 0 fully saturated rings. The van der Waals surface area contributed by atoms with E-state index in [1.807, 2.05) is 0 Å². The highest BCUT2D eigenvalue weighted by atomic mass is 19.1. The number of esters is 2. The van der Waals surface area contributed by atoms with E-state index in [4.69, 9.17) is 15.2 Å². The van der Waals surface area contributed by atoms with Gasteiger partial charge in [0.05, 0.1) is 6.61 Å². The van der Waals surface area contributed by atoms with E-state index in [-0.39, 0.29) is 6.61 Å². The Kier molecular flexibility index (Phi) is 8.05. The quantitative estimate of drug-likeness (QED) is 0.529. The summed E-state index contributed by atoms with van der Waals surface area (Å²) in [7, 11) is 0. The van der Waals surface area contributed by atoms with E-state index in [9.17, 15) is 18.8 Å². The van der Waals surface area contributed by atoms with Crippen LogP contribution in [-0.4, -0.2) is 24.5 Å². The molecule has 2 N–H and O–H groups in total. The van der Waals surface area contributed by atoms with Gasteiger partial charge in [-0.2, -0.15) is 0 Å². The minimum absolute atomic E-state index is 0.245. The average molecular weight is 411 g/mol. The molecule has 2 rings (SSSR count). The van der Waals surface area contributed by atoms with Gasteiger partial charge < -0.3 is 15.2 Å². The fourth-order valence-corrected chi connectivity index (χ4v) is 2.71. The molecule has 156 valence electrons. The van der Waals surface area contributed by atoms with Crippen molar-refractivity contribution in [1.82, 2.24) is 0 Å². The van der Waals surface area contributed by atoms with Crippen LogP contribution in [0, 0.1) is 5.82 Å². The number of hydrogen-bond donors (Lipinski definition) is 1. The highest BCUT2D eigenvalue weighted by Gasteiger charge is 2.18. The normalized spacial score (nSPS) is 12.1. The second kappa shape index (κ2) is 10.7. The van der Waals surface area contributed by atoms with Crippen molar-refractivity contribution in [3.8, 4) is 0 Å². The molecular weight excluding hydrogens is 389 g/mol. The van der Waals surface area contributed by atoms with Gasteiger partial charge in [0.1, 0.15) is 5.82 Å². The first kappa shape index (κ1) is 22.5. The third-order valence-corrected chi connectivity index (χ3v) is 3.90. The van der Waals surface area contributed by atoms with Crippen LogP contribution < -0.4 is 5.73 Å². The van der Waals surface area contributed by atoms with Crippen LogP contribution in [-0.2, 0) is 23.9 Å². The summed E-state index contributed by atoms with van der Waals surface area (Å²) in [6.45, 7) is 3.22. The van der Waals surface area contributed by atoms with Gasteiger partial charge in [0.2, 0.25) is 5.91 Å². The Hall–Kier alpha value is -3.74. The van der Waals surface area contributed by atoms with Crippen molar-refractivity contribution < 1.29 is 28.2 Å². The number of amides is 1. The summed E-state index contributed by atoms with van der Waals surface area (Å²) < 4.78 is 23.7. The maximum Gasteiger partial charge on any atom is 0.330 e. The number of ether oxygens (including phenoxy) is 2. The van der Waals surface area contributed by atoms with Crippen LogP contribution in [0.5, 0.6) is 0 Å². The topological polar surface area (TPSA) is 95.7 Å². The minimum atomic E-state index is -0.820. The van der Waals surface area contributed by atoms with Crippen molar-refractivity contribution in [3.05, 3.63) is 82.7 Å². The highest BCUT2D eigenvalue weighted by Crippen LogP contribution is 2.29. The van der Waals surface area contributed by atoms with Gasteiger partial charge in [-0.25, -0.2) is 9.18 Å². The second-order valence-corrected chi connectivity index (χ2v) is 6.30. The van der Waals surface area contributed by atoms with Gasteiger partial charge in [-0.05, 0) is 71.7 Å². The third-order valence-electron chi connectivity index (χ3n) is 3.90. The Labute approximate surface area is 173 Å². The van der Waals surface area contributed by atoms with Crippen molar-refractivity contribution >= 4 is 30.0 Å². The number of benzene rings is 2. The van der Waals surface area contributed by atoms with Crippen LogP contribution in [0.3, 0.4) is 0 Å². The predicted octanol–water partition coefficient (Wildman–Crippen LogP) is 3.55. The second-order valence-electron chi connectivity index (χ2n) is 6.30. The molecule has 0 aromatic heterocycles. The molecule has 0 bridgehead atoms. The van der Waals surface area contributed by atoms with Crippen LogP contribution in [0.2, 0.25) is 0 Å². The van der Waals surface area contributed by atoms with Gasteiger partial charge in [0, 0.05) is 19.1 Å². The van der Waals surface area contributed by atoms with Crippen LogP contribution in [0.25, 0.3) is 12.2 Å². The first-order valence-corrected chi connectivity index (χ1v) is 9.18. The summed E-state index contributed by atoms with van der Waals surface area (Å²) in [6, 6.07) is 10.7. The monoisotopic (exact) mass is 411 g/mol. The number of nitrogens with two attached hydrogens (primary N) is 1. The summed E-state index contributed by atoms with van der Waals surface area (Å²) in [5, 5.41) is 0. The fourth-order valence-electron chi connectivity index (χ4n) is 2.71. The van der Waals surface area contributed by atoms with Crippen molar-refractivity contribution in [2.45, 2.75) is 20.0 Å². The van der Waals surface area contributed by atoms with Crippen LogP contribution in [0.15, 0.2) is 54.6 Å². The van der Waals surface area contributed by atoms with E-state index in [1.54, 1.807) is 31.2 Å². The Morgan fingerprint density at radius 1 is 1.00 bits per heavy atom. The summed E-state index contributed by atoms with van der Waals surface area (Å²) in [5.41, 5.74) is 7.49. The molecule has 0 aliphatic carbocycles. The molecule has 0 saturated carbocycles. The lowest BCUT2D eigenvalue weighted by molar-refractivity contribution is -0.144. The number of primary amides is 1. The van der Waals surface area contributed by atoms with E-state index in [0.29, 0.717) is 22.3 Å². The Morgan fingerprint density at radius 3 is 2.13 bits per heavy atom. The third kappa shape index (κ3) is 7.01. The molecule has 0 heterocycles. The molecule has 0 spiro atoms. The summed E-state index contributed by atoms with van der Waals surface area (Å²) >= 11 is 0. The van der Waals surface area contributed by atoms with Gasteiger partial charge >= 0.3 is 11.9 Å². The first-order valence-electron chi connectivity index (χ1n) is 9.18. The van der Waals surface area contributed by atoms with Gasteiger partial charge in [-0.1, -0.05) is 12.1 Å². The SMILES string of the molecule is CCOC(=O)/C=C/c1cc(/C=C/C(N)=O)cc(C(OC(C)=O)c2ccc(F)cc2)c1. The maximum absolute atomic E-state index is 13.3. The molecule has 30 heavy (non-hydrogen) atoms. The molecular formula is C23H22FNO5. The standard InChI is InChI=1S/C23H22FNO5/c1-3-29-22(28)11-5-17-12-16(4-10-21(25)27)13-19(14-17)23(30-15(2)26)18-6-8-20(24)9-7-18/h4-14,23H,3H2,1-2H3,(H2,25,27)/b10-4+,11-5+. The minimum Gasteiger partial charge on any atom is -0.463 e. The predicted molar refractivity (Wildman–Crippen MR) is 110 cm³/mol. The molecule has 6 nitrogen and oxygen atoms in total. The molecule has 0 saturated heterocycles. The number of carbonyl (C=O) groups excluding carboxylic acids is 3. The van der Waals surface area contributed by atoms with Crippen LogP contribution >= 0.6 is 0 Å². The Morgan fingerprint density at radius 2 is 1.60 bits per heavy atom. The van der Waals surface area contributed by atoms with Crippen molar-refractivity contribution in [3.63, 3.8) is 0 Å². The Balaban J connectivity index is 2.54. The van der Waals surface area contributed by atoms with Crippen molar-refractivity contribution in [1.29, 1.82) is 0 Å². The van der Waals surface area contributed by atoms with Crippen molar-refractivity contribution in [2.24, 2.45) is 5.73 Å². The lowest BCUT2D eigenvalue weighted by Crippen LogP contribution is -2.11. The lowest BCUT2D eigenvalue weighted by Gasteiger charge is -2.19. The van der Waals surface area contributed by atoms with Crippen LogP contribution in [0.4, 0.5) is 4.39 Å². The maximum atomic E-state index is 13.3. The van der Waals surface area contributed by atoms with E-state index in [1.165, 1.54) is 49.4 Å². The molecule has 2 aromatic rings. The molecule has 1 unspecified atom stereocenters. The molecule has 0 aliphatic heterocycles. The summed E-state index contributed by atoms with van der Waals surface area (Å²) in [5.74, 6) is -2.08. The zero-order valence-electron chi connectivity index (χ0n) is 16.6. The summed E-state index contributed by atoms with van der Waals surface area (Å²) in [6.07, 6.45) is 4.68. The van der Waals surface area contributed by atoms with Gasteiger partial charge in [0.15, 0.2) is 6.10 Å². The highest BCUT2D eigenvalue weighted by molar-refractivity contribution is 5.90. The molecule has 0 aliphatic rings. The summed E-state index contributed by atoms with van der Waals surface area (Å²) in [4.78, 5) is 34.5. The van der Waals surface area contributed by atoms with E-state index in [2.05, 4.69) is 0 Å². The zero-order valence-corrected chi connectivity index (χ0v) is 16.6. The fraction of sp³-hybridized carbons (Fsp3) is 0.174. The molecule has 0 radical (unpaired) electrons. The lowest BCUT2D eigenvalue weighted by atomic mass is 9.96. The van der Waals surface area contributed by atoms with Gasteiger partial charge in [-0.3, -0.25) is 9.59 Å².